The predicted molar refractivity (Wildman–Crippen MR) is 97.6 cm³/mol. The minimum Gasteiger partial charge on any atom is -0.469 e. The molecule has 1 aromatic heterocycles. The fourth-order valence-electron chi connectivity index (χ4n) is 2.89. The van der Waals surface area contributed by atoms with Crippen LogP contribution in [0.15, 0.2) is 36.4 Å². The van der Waals surface area contributed by atoms with Crippen molar-refractivity contribution in [1.29, 1.82) is 0 Å². The van der Waals surface area contributed by atoms with E-state index in [9.17, 15) is 14.4 Å². The van der Waals surface area contributed by atoms with E-state index in [0.717, 1.165) is 5.56 Å². The number of anilines is 1. The van der Waals surface area contributed by atoms with Crippen LogP contribution in [0.1, 0.15) is 38.4 Å². The van der Waals surface area contributed by atoms with E-state index in [1.807, 2.05) is 6.07 Å². The predicted octanol–water partition coefficient (Wildman–Crippen LogP) is 1.11. The molecule has 0 spiro atoms. The molecule has 1 aromatic carbocycles. The van der Waals surface area contributed by atoms with Gasteiger partial charge in [-0.1, -0.05) is 12.1 Å². The molecule has 8 nitrogen and oxygen atoms in total. The van der Waals surface area contributed by atoms with E-state index in [1.165, 1.54) is 7.11 Å². The summed E-state index contributed by atoms with van der Waals surface area (Å²) >= 11 is 0. The Balaban J connectivity index is 1.67. The van der Waals surface area contributed by atoms with Crippen LogP contribution in [0.3, 0.4) is 0 Å². The molecule has 3 N–H and O–H groups in total. The molecule has 0 saturated heterocycles. The number of carbonyl (C=O) groups excluding carboxylic acids is 3. The minimum absolute atomic E-state index is 0.0904. The number of fused-ring (bicyclic) bond motifs is 1. The van der Waals surface area contributed by atoms with Crippen LogP contribution in [-0.4, -0.2) is 41.3 Å². The van der Waals surface area contributed by atoms with Gasteiger partial charge in [-0.15, -0.1) is 0 Å². The summed E-state index contributed by atoms with van der Waals surface area (Å²) in [6, 6.07) is 10.3. The number of nitrogens with zero attached hydrogens (tertiary/aromatic N) is 2. The average molecular weight is 368 g/mol. The smallest absolute Gasteiger partial charge is 0.307 e. The lowest BCUT2D eigenvalue weighted by Crippen LogP contribution is -2.26. The molecule has 0 bridgehead atoms. The first-order chi connectivity index (χ1) is 13.0. The lowest BCUT2D eigenvalue weighted by atomic mass is 10.1. The highest BCUT2D eigenvalue weighted by molar-refractivity contribution is 6.02. The third-order valence-corrected chi connectivity index (χ3v) is 4.27. The molecule has 1 aliphatic rings. The number of hydrogen-bond acceptors (Lipinski definition) is 6. The molecule has 3 rings (SSSR count). The highest BCUT2D eigenvalue weighted by Crippen LogP contribution is 2.25. The van der Waals surface area contributed by atoms with Gasteiger partial charge < -0.3 is 20.7 Å². The average Bonchev–Trinajstić information content (AvgIpc) is 2.96. The molecule has 27 heavy (non-hydrogen) atoms. The number of rotatable bonds is 6. The lowest BCUT2D eigenvalue weighted by Gasteiger charge is -2.15. The number of hydrogen-bond donors (Lipinski definition) is 2. The molecule has 2 amide bonds. The summed E-state index contributed by atoms with van der Waals surface area (Å²) in [6.45, 7) is 0.970. The number of carbonyl (C=O) groups is 3. The molecule has 0 aliphatic carbocycles. The molecule has 0 saturated carbocycles. The molecule has 1 aliphatic heterocycles. The maximum Gasteiger partial charge on any atom is 0.307 e. The first kappa shape index (κ1) is 18.4. The summed E-state index contributed by atoms with van der Waals surface area (Å²) in [5, 5.41) is 2.64. The molecule has 2 aromatic rings. The van der Waals surface area contributed by atoms with E-state index in [2.05, 4.69) is 15.0 Å². The number of amides is 2. The first-order valence-electron chi connectivity index (χ1n) is 8.46. The topological polar surface area (TPSA) is 115 Å². The highest BCUT2D eigenvalue weighted by Gasteiger charge is 2.28. The second kappa shape index (κ2) is 7.86. The second-order valence-corrected chi connectivity index (χ2v) is 6.17. The standard InChI is InChI=1S/C19H20N4O4/c1-27-17(24)7-8-21-18(25)12-5-6-13-10-23(19(26)15(13)9-12)11-14-3-2-4-16(20)22-14/h2-6,9H,7-8,10-11H2,1H3,(H2,20,22)(H,21,25). The van der Waals surface area contributed by atoms with Crippen LogP contribution in [0.5, 0.6) is 0 Å². The maximum atomic E-state index is 12.7. The fourth-order valence-corrected chi connectivity index (χ4v) is 2.89. The first-order valence-corrected chi connectivity index (χ1v) is 8.46. The molecule has 2 heterocycles. The summed E-state index contributed by atoms with van der Waals surface area (Å²) in [5.74, 6) is -0.489. The molecular weight excluding hydrogens is 348 g/mol. The van der Waals surface area contributed by atoms with Crippen LogP contribution >= 0.6 is 0 Å². The zero-order valence-corrected chi connectivity index (χ0v) is 14.9. The van der Waals surface area contributed by atoms with E-state index in [-0.39, 0.29) is 24.8 Å². The number of nitrogen functional groups attached to an aromatic ring is 1. The molecule has 0 fully saturated rings. The Hall–Kier alpha value is -3.42. The van der Waals surface area contributed by atoms with Crippen LogP contribution in [-0.2, 0) is 22.6 Å². The monoisotopic (exact) mass is 368 g/mol. The molecule has 8 heteroatoms. The molecule has 0 unspecified atom stereocenters. The third kappa shape index (κ3) is 4.22. The van der Waals surface area contributed by atoms with Crippen molar-refractivity contribution in [1.82, 2.24) is 15.2 Å². The van der Waals surface area contributed by atoms with Gasteiger partial charge in [0.25, 0.3) is 11.8 Å². The van der Waals surface area contributed by atoms with Crippen LogP contribution in [0.2, 0.25) is 0 Å². The normalized spacial score (nSPS) is 12.6. The van der Waals surface area contributed by atoms with E-state index >= 15 is 0 Å². The molecule has 0 atom stereocenters. The zero-order valence-electron chi connectivity index (χ0n) is 14.9. The van der Waals surface area contributed by atoms with Crippen molar-refractivity contribution in [3.8, 4) is 0 Å². The minimum atomic E-state index is -0.398. The van der Waals surface area contributed by atoms with Crippen LogP contribution in [0, 0.1) is 0 Å². The van der Waals surface area contributed by atoms with Gasteiger partial charge in [0.1, 0.15) is 5.82 Å². The maximum absolute atomic E-state index is 12.7. The second-order valence-electron chi connectivity index (χ2n) is 6.17. The van der Waals surface area contributed by atoms with E-state index in [0.29, 0.717) is 35.7 Å². The van der Waals surface area contributed by atoms with Crippen molar-refractivity contribution >= 4 is 23.6 Å². The van der Waals surface area contributed by atoms with Gasteiger partial charge in [0.05, 0.1) is 25.8 Å². The zero-order chi connectivity index (χ0) is 19.4. The van der Waals surface area contributed by atoms with Crippen LogP contribution < -0.4 is 11.1 Å². The Morgan fingerprint density at radius 3 is 2.85 bits per heavy atom. The Bertz CT molecular complexity index is 897. The molecule has 0 radical (unpaired) electrons. The highest BCUT2D eigenvalue weighted by atomic mass is 16.5. The van der Waals surface area contributed by atoms with Crippen molar-refractivity contribution in [3.63, 3.8) is 0 Å². The van der Waals surface area contributed by atoms with Gasteiger partial charge in [-0.2, -0.15) is 0 Å². The fraction of sp³-hybridized carbons (Fsp3) is 0.263. The van der Waals surface area contributed by atoms with Crippen molar-refractivity contribution in [3.05, 3.63) is 58.8 Å². The third-order valence-electron chi connectivity index (χ3n) is 4.27. The summed E-state index contributed by atoms with van der Waals surface area (Å²) < 4.78 is 4.53. The SMILES string of the molecule is COC(=O)CCNC(=O)c1ccc2c(c1)C(=O)N(Cc1cccc(N)n1)C2. The van der Waals surface area contributed by atoms with Gasteiger partial charge in [-0.3, -0.25) is 14.4 Å². The number of ether oxygens (including phenoxy) is 1. The summed E-state index contributed by atoms with van der Waals surface area (Å²) in [5.41, 5.74) is 8.12. The van der Waals surface area contributed by atoms with Gasteiger partial charge in [-0.25, -0.2) is 4.98 Å². The van der Waals surface area contributed by atoms with Gasteiger partial charge in [0, 0.05) is 24.2 Å². The van der Waals surface area contributed by atoms with E-state index < -0.39 is 5.97 Å². The Kier molecular flexibility index (Phi) is 5.35. The number of esters is 1. The quantitative estimate of drug-likeness (QED) is 0.738. The van der Waals surface area contributed by atoms with Gasteiger partial charge in [0.15, 0.2) is 0 Å². The molecule has 140 valence electrons. The largest absolute Gasteiger partial charge is 0.469 e. The van der Waals surface area contributed by atoms with E-state index in [4.69, 9.17) is 5.73 Å². The summed E-state index contributed by atoms with van der Waals surface area (Å²) in [4.78, 5) is 41.9. The summed E-state index contributed by atoms with van der Waals surface area (Å²) in [6.07, 6.45) is 0.0904. The van der Waals surface area contributed by atoms with Crippen LogP contribution in [0.4, 0.5) is 5.82 Å². The van der Waals surface area contributed by atoms with Crippen LogP contribution in [0.25, 0.3) is 0 Å². The number of aromatic nitrogens is 1. The molecular formula is C19H20N4O4. The Morgan fingerprint density at radius 1 is 1.30 bits per heavy atom. The Morgan fingerprint density at radius 2 is 2.11 bits per heavy atom. The summed E-state index contributed by atoms with van der Waals surface area (Å²) in [7, 11) is 1.29. The van der Waals surface area contributed by atoms with Gasteiger partial charge in [-0.05, 0) is 29.8 Å². The van der Waals surface area contributed by atoms with Crippen molar-refractivity contribution < 1.29 is 19.1 Å². The van der Waals surface area contributed by atoms with Gasteiger partial charge in [0.2, 0.25) is 0 Å². The Labute approximate surface area is 156 Å². The van der Waals surface area contributed by atoms with Crippen molar-refractivity contribution in [2.75, 3.05) is 19.4 Å². The number of pyridine rings is 1. The van der Waals surface area contributed by atoms with Gasteiger partial charge >= 0.3 is 5.97 Å². The van der Waals surface area contributed by atoms with Crippen molar-refractivity contribution in [2.45, 2.75) is 19.5 Å². The number of nitrogens with one attached hydrogen (secondary N) is 1. The number of benzene rings is 1. The number of nitrogens with two attached hydrogens (primary N) is 1. The number of methoxy groups -OCH3 is 1. The van der Waals surface area contributed by atoms with E-state index in [1.54, 1.807) is 35.2 Å². The lowest BCUT2D eigenvalue weighted by molar-refractivity contribution is -0.140. The van der Waals surface area contributed by atoms with Crippen molar-refractivity contribution in [2.24, 2.45) is 0 Å².